The van der Waals surface area contributed by atoms with Gasteiger partial charge in [-0.2, -0.15) is 0 Å². The highest BCUT2D eigenvalue weighted by Gasteiger charge is 2.13. The van der Waals surface area contributed by atoms with Gasteiger partial charge >= 0.3 is 5.97 Å². The number of thiophene rings is 1. The van der Waals surface area contributed by atoms with Crippen molar-refractivity contribution in [3.63, 3.8) is 0 Å². The Morgan fingerprint density at radius 1 is 1.08 bits per heavy atom. The maximum absolute atomic E-state index is 12.0. The second-order valence-electron chi connectivity index (χ2n) is 5.28. The number of carbonyl (C=O) groups is 2. The lowest BCUT2D eigenvalue weighted by Crippen LogP contribution is -2.13. The number of Topliss-reactive ketones (excluding diaryl/α,β-unsaturated/α-hetero) is 1. The van der Waals surface area contributed by atoms with Crippen molar-refractivity contribution >= 4 is 39.0 Å². The molecule has 0 fully saturated rings. The number of hydrogen-bond donors (Lipinski definition) is 0. The Balaban J connectivity index is 1.51. The zero-order valence-electron chi connectivity index (χ0n) is 13.6. The molecule has 1 aromatic carbocycles. The molecule has 0 aliphatic carbocycles. The van der Waals surface area contributed by atoms with Crippen LogP contribution in [0.3, 0.4) is 0 Å². The quantitative estimate of drug-likeness (QED) is 0.406. The first-order chi connectivity index (χ1) is 12.6. The molecule has 0 aliphatic heterocycles. The van der Waals surface area contributed by atoms with Gasteiger partial charge in [-0.3, -0.25) is 9.78 Å². The molecule has 0 saturated carbocycles. The van der Waals surface area contributed by atoms with Crippen LogP contribution in [0.1, 0.15) is 25.6 Å². The first-order valence-corrected chi connectivity index (χ1v) is 9.30. The van der Waals surface area contributed by atoms with Crippen molar-refractivity contribution in [1.29, 1.82) is 0 Å². The normalized spacial score (nSPS) is 10.3. The fourth-order valence-corrected chi connectivity index (χ4v) is 3.40. The summed E-state index contributed by atoms with van der Waals surface area (Å²) in [6.07, 6.45) is 3.43. The number of esters is 1. The van der Waals surface area contributed by atoms with Crippen molar-refractivity contribution in [3.8, 4) is 5.75 Å². The van der Waals surface area contributed by atoms with Crippen molar-refractivity contribution in [2.45, 2.75) is 6.61 Å². The number of pyridine rings is 1. The summed E-state index contributed by atoms with van der Waals surface area (Å²) in [7, 11) is 0. The molecule has 3 aromatic rings. The Bertz CT molecular complexity index is 893. The zero-order valence-corrected chi connectivity index (χ0v) is 16.0. The van der Waals surface area contributed by atoms with Crippen LogP contribution in [0.15, 0.2) is 64.7 Å². The van der Waals surface area contributed by atoms with Gasteiger partial charge in [-0.05, 0) is 58.4 Å². The van der Waals surface area contributed by atoms with Gasteiger partial charge in [0.2, 0.25) is 5.78 Å². The zero-order chi connectivity index (χ0) is 18.4. The fourth-order valence-electron chi connectivity index (χ4n) is 2.09. The smallest absolute Gasteiger partial charge is 0.338 e. The summed E-state index contributed by atoms with van der Waals surface area (Å²) in [5.41, 5.74) is 1.31. The van der Waals surface area contributed by atoms with Gasteiger partial charge in [-0.1, -0.05) is 6.07 Å². The minimum atomic E-state index is -0.548. The fraction of sp³-hybridized carbons (Fsp3) is 0.105. The average molecular weight is 432 g/mol. The van der Waals surface area contributed by atoms with Gasteiger partial charge in [-0.15, -0.1) is 11.3 Å². The number of benzene rings is 1. The largest absolute Gasteiger partial charge is 0.489 e. The summed E-state index contributed by atoms with van der Waals surface area (Å²) < 4.78 is 11.6. The molecule has 0 amide bonds. The number of ether oxygens (including phenoxy) is 2. The molecule has 0 aliphatic rings. The van der Waals surface area contributed by atoms with Crippen molar-refractivity contribution in [1.82, 2.24) is 4.98 Å². The predicted octanol–water partition coefficient (Wildman–Crippen LogP) is 4.52. The van der Waals surface area contributed by atoms with E-state index in [0.717, 1.165) is 9.35 Å². The Morgan fingerprint density at radius 3 is 2.54 bits per heavy atom. The second-order valence-corrected chi connectivity index (χ2v) is 7.74. The summed E-state index contributed by atoms with van der Waals surface area (Å²) in [5, 5.41) is 0. The highest BCUT2D eigenvalue weighted by Crippen LogP contribution is 2.22. The second kappa shape index (κ2) is 8.73. The van der Waals surface area contributed by atoms with E-state index in [0.29, 0.717) is 22.8 Å². The van der Waals surface area contributed by atoms with Crippen LogP contribution < -0.4 is 4.74 Å². The molecule has 2 aromatic heterocycles. The molecule has 5 nitrogen and oxygen atoms in total. The molecule has 0 radical (unpaired) electrons. The molecule has 0 unspecified atom stereocenters. The number of halogens is 1. The van der Waals surface area contributed by atoms with E-state index >= 15 is 0 Å². The van der Waals surface area contributed by atoms with Crippen molar-refractivity contribution in [2.24, 2.45) is 0 Å². The van der Waals surface area contributed by atoms with Crippen LogP contribution >= 0.6 is 27.3 Å². The Hall–Kier alpha value is -2.51. The highest BCUT2D eigenvalue weighted by molar-refractivity contribution is 9.11. The summed E-state index contributed by atoms with van der Waals surface area (Å²) in [6, 6.07) is 13.8. The summed E-state index contributed by atoms with van der Waals surface area (Å²) >= 11 is 4.60. The van der Waals surface area contributed by atoms with E-state index in [9.17, 15) is 9.59 Å². The van der Waals surface area contributed by atoms with Crippen molar-refractivity contribution < 1.29 is 19.1 Å². The van der Waals surface area contributed by atoms with Crippen LogP contribution in [0.25, 0.3) is 0 Å². The van der Waals surface area contributed by atoms with Crippen LogP contribution in [0, 0.1) is 0 Å². The molecular formula is C19H14BrNO4S. The Labute approximate surface area is 162 Å². The minimum Gasteiger partial charge on any atom is -0.489 e. The molecule has 0 N–H and O–H groups in total. The SMILES string of the molecule is O=C(OCC(=O)c1ccc(Br)s1)c1ccc(OCc2cccnc2)cc1. The third kappa shape index (κ3) is 5.00. The first kappa shape index (κ1) is 18.3. The molecule has 26 heavy (non-hydrogen) atoms. The molecule has 0 spiro atoms. The van der Waals surface area contributed by atoms with Gasteiger partial charge in [0.1, 0.15) is 12.4 Å². The van der Waals surface area contributed by atoms with E-state index in [2.05, 4.69) is 20.9 Å². The minimum absolute atomic E-state index is 0.231. The standard InChI is InChI=1S/C19H14BrNO4S/c20-18-8-7-17(26-18)16(22)12-25-19(23)14-3-5-15(6-4-14)24-11-13-2-1-9-21-10-13/h1-10H,11-12H2. The lowest BCUT2D eigenvalue weighted by molar-refractivity contribution is 0.0476. The first-order valence-electron chi connectivity index (χ1n) is 7.69. The number of carbonyl (C=O) groups excluding carboxylic acids is 2. The van der Waals surface area contributed by atoms with E-state index in [1.165, 1.54) is 11.3 Å². The lowest BCUT2D eigenvalue weighted by Gasteiger charge is -2.07. The van der Waals surface area contributed by atoms with E-state index in [-0.39, 0.29) is 12.4 Å². The van der Waals surface area contributed by atoms with E-state index in [1.807, 2.05) is 12.1 Å². The third-order valence-electron chi connectivity index (χ3n) is 3.40. The van der Waals surface area contributed by atoms with Gasteiger partial charge in [0.25, 0.3) is 0 Å². The lowest BCUT2D eigenvalue weighted by atomic mass is 10.2. The summed E-state index contributed by atoms with van der Waals surface area (Å²) in [6.45, 7) is 0.105. The Kier molecular flexibility index (Phi) is 6.14. The monoisotopic (exact) mass is 431 g/mol. The van der Waals surface area contributed by atoms with Gasteiger partial charge in [0.05, 0.1) is 14.2 Å². The molecule has 0 atom stereocenters. The summed E-state index contributed by atoms with van der Waals surface area (Å²) in [4.78, 5) is 28.6. The molecule has 0 bridgehead atoms. The number of nitrogens with zero attached hydrogens (tertiary/aromatic N) is 1. The van der Waals surface area contributed by atoms with E-state index in [1.54, 1.807) is 48.8 Å². The molecule has 3 rings (SSSR count). The van der Waals surface area contributed by atoms with E-state index < -0.39 is 5.97 Å². The number of aromatic nitrogens is 1. The Morgan fingerprint density at radius 2 is 1.88 bits per heavy atom. The number of rotatable bonds is 7. The third-order valence-corrected chi connectivity index (χ3v) is 5.07. The number of ketones is 1. The predicted molar refractivity (Wildman–Crippen MR) is 102 cm³/mol. The average Bonchev–Trinajstić information content (AvgIpc) is 3.12. The van der Waals surface area contributed by atoms with Crippen molar-refractivity contribution in [3.05, 3.63) is 80.7 Å². The topological polar surface area (TPSA) is 65.5 Å². The highest BCUT2D eigenvalue weighted by atomic mass is 79.9. The summed E-state index contributed by atoms with van der Waals surface area (Å²) in [5.74, 6) is -0.150. The maximum atomic E-state index is 12.0. The molecule has 2 heterocycles. The molecule has 7 heteroatoms. The van der Waals surface area contributed by atoms with Crippen LogP contribution in [0.5, 0.6) is 5.75 Å². The maximum Gasteiger partial charge on any atom is 0.338 e. The van der Waals surface area contributed by atoms with Crippen molar-refractivity contribution in [2.75, 3.05) is 6.61 Å². The van der Waals surface area contributed by atoms with Gasteiger partial charge in [-0.25, -0.2) is 4.79 Å². The molecule has 0 saturated heterocycles. The number of hydrogen-bond acceptors (Lipinski definition) is 6. The van der Waals surface area contributed by atoms with Crippen LogP contribution in [0.2, 0.25) is 0 Å². The van der Waals surface area contributed by atoms with Gasteiger partial charge < -0.3 is 9.47 Å². The van der Waals surface area contributed by atoms with Crippen LogP contribution in [-0.4, -0.2) is 23.3 Å². The van der Waals surface area contributed by atoms with Gasteiger partial charge in [0, 0.05) is 18.0 Å². The van der Waals surface area contributed by atoms with Crippen LogP contribution in [-0.2, 0) is 11.3 Å². The molecular weight excluding hydrogens is 418 g/mol. The van der Waals surface area contributed by atoms with Crippen LogP contribution in [0.4, 0.5) is 0 Å². The molecule has 132 valence electrons. The van der Waals surface area contributed by atoms with E-state index in [4.69, 9.17) is 9.47 Å². The van der Waals surface area contributed by atoms with Gasteiger partial charge in [0.15, 0.2) is 6.61 Å².